The Kier molecular flexibility index (Phi) is 11.7. The molecule has 22 nitrogen and oxygen atoms in total. The van der Waals surface area contributed by atoms with E-state index in [-0.39, 0.29) is 38.5 Å². The minimum absolute atomic E-state index is 0.0200. The van der Waals surface area contributed by atoms with E-state index in [1.165, 1.54) is 38.5 Å². The van der Waals surface area contributed by atoms with Crippen molar-refractivity contribution in [3.05, 3.63) is 71.8 Å². The summed E-state index contributed by atoms with van der Waals surface area (Å²) in [7, 11) is -17.5. The predicted octanol–water partition coefficient (Wildman–Crippen LogP) is 7.15. The predicted molar refractivity (Wildman–Crippen MR) is 197 cm³/mol. The number of nitrogens with zero attached hydrogens (tertiary/aromatic N) is 6. The minimum atomic E-state index is -5.35. The van der Waals surface area contributed by atoms with Gasteiger partial charge < -0.3 is 19.7 Å². The molecule has 0 saturated heterocycles. The van der Waals surface area contributed by atoms with Gasteiger partial charge in [0.15, 0.2) is 11.5 Å². The molecule has 300 valence electrons. The summed E-state index contributed by atoms with van der Waals surface area (Å²) < 4.78 is 145. The van der Waals surface area contributed by atoms with Crippen LogP contribution in [0.5, 0.6) is 23.0 Å². The lowest BCUT2D eigenvalue weighted by molar-refractivity contribution is 0.405. The summed E-state index contributed by atoms with van der Waals surface area (Å²) in [6.45, 7) is 0. The van der Waals surface area contributed by atoms with Crippen LogP contribution in [0.15, 0.2) is 117 Å². The lowest BCUT2D eigenvalue weighted by Gasteiger charge is -2.13. The number of aromatic hydroxyl groups is 2. The van der Waals surface area contributed by atoms with Gasteiger partial charge in [0.25, 0.3) is 40.5 Å². The Hall–Kier alpha value is -5.71. The number of benzene rings is 5. The minimum Gasteiger partial charge on any atom is -0.505 e. The van der Waals surface area contributed by atoms with E-state index in [2.05, 4.69) is 30.7 Å². The van der Waals surface area contributed by atoms with Crippen molar-refractivity contribution in [2.24, 2.45) is 30.7 Å². The molecule has 0 saturated carbocycles. The van der Waals surface area contributed by atoms with Crippen LogP contribution in [0.25, 0.3) is 10.8 Å². The van der Waals surface area contributed by atoms with Crippen molar-refractivity contribution < 1.29 is 71.6 Å². The second-order valence-corrected chi connectivity index (χ2v) is 17.1. The molecule has 0 aliphatic rings. The zero-order valence-electron chi connectivity index (χ0n) is 28.3. The normalized spacial score (nSPS) is 13.0. The molecule has 5 aromatic carbocycles. The average molecular weight is 887 g/mol. The van der Waals surface area contributed by atoms with E-state index in [4.69, 9.17) is 25.6 Å². The molecule has 6 N–H and O–H groups in total. The number of phenols is 2. The number of azo groups is 3. The summed E-state index contributed by atoms with van der Waals surface area (Å²) in [5.41, 5.74) is -2.63. The van der Waals surface area contributed by atoms with Crippen molar-refractivity contribution in [3.63, 3.8) is 0 Å². The fourth-order valence-electron chi connectivity index (χ4n) is 4.80. The number of phenolic OH excluding ortho intramolecular Hbond substituents is 2. The van der Waals surface area contributed by atoms with Crippen LogP contribution in [0.3, 0.4) is 0 Å². The molecule has 0 unspecified atom stereocenters. The molecule has 5 rings (SSSR count). The Balaban J connectivity index is 1.67. The van der Waals surface area contributed by atoms with Gasteiger partial charge in [-0.25, -0.2) is 0 Å². The first-order valence-corrected chi connectivity index (χ1v) is 20.9. The number of fused-ring (bicyclic) bond motifs is 1. The Morgan fingerprint density at radius 1 is 0.509 bits per heavy atom. The van der Waals surface area contributed by atoms with Crippen LogP contribution in [0, 0.1) is 0 Å². The van der Waals surface area contributed by atoms with E-state index < -0.39 is 94.5 Å². The first-order chi connectivity index (χ1) is 26.4. The molecule has 0 atom stereocenters. The van der Waals surface area contributed by atoms with Crippen molar-refractivity contribution in [2.45, 2.75) is 19.6 Å². The van der Waals surface area contributed by atoms with Crippen molar-refractivity contribution in [1.29, 1.82) is 0 Å². The zero-order chi connectivity index (χ0) is 42.2. The van der Waals surface area contributed by atoms with Crippen LogP contribution in [-0.2, 0) is 40.5 Å². The monoisotopic (exact) mass is 886 g/mol. The molecular weight excluding hydrogens is 864 g/mol. The Morgan fingerprint density at radius 2 is 0.930 bits per heavy atom. The number of rotatable bonds is 12. The van der Waals surface area contributed by atoms with Crippen LogP contribution in [-0.4, -0.2) is 76.3 Å². The van der Waals surface area contributed by atoms with Gasteiger partial charge in [-0.15, -0.1) is 25.6 Å². The smallest absolute Gasteiger partial charge is 0.296 e. The average Bonchev–Trinajstić information content (AvgIpc) is 3.11. The lowest BCUT2D eigenvalue weighted by Crippen LogP contribution is -2.01. The van der Waals surface area contributed by atoms with Crippen molar-refractivity contribution >= 4 is 97.0 Å². The molecule has 0 radical (unpaired) electrons. The molecular formula is C30H23ClN6O16S4. The van der Waals surface area contributed by atoms with Crippen LogP contribution in [0.4, 0.5) is 34.1 Å². The second kappa shape index (κ2) is 15.7. The van der Waals surface area contributed by atoms with Gasteiger partial charge in [-0.2, -0.15) is 38.8 Å². The molecule has 0 spiro atoms. The molecule has 0 amide bonds. The highest BCUT2D eigenvalue weighted by Crippen LogP contribution is 2.51. The first kappa shape index (κ1) is 42.4. The van der Waals surface area contributed by atoms with E-state index in [0.717, 1.165) is 30.3 Å². The zero-order valence-corrected chi connectivity index (χ0v) is 32.3. The van der Waals surface area contributed by atoms with Crippen molar-refractivity contribution in [2.75, 3.05) is 14.2 Å². The highest BCUT2D eigenvalue weighted by molar-refractivity contribution is 7.86. The molecule has 0 heterocycles. The van der Waals surface area contributed by atoms with E-state index in [1.807, 2.05) is 0 Å². The largest absolute Gasteiger partial charge is 0.505 e. The van der Waals surface area contributed by atoms with Gasteiger partial charge in [0, 0.05) is 12.1 Å². The van der Waals surface area contributed by atoms with E-state index in [0.29, 0.717) is 12.1 Å². The van der Waals surface area contributed by atoms with E-state index in [1.54, 1.807) is 0 Å². The Bertz CT molecular complexity index is 3020. The summed E-state index contributed by atoms with van der Waals surface area (Å²) in [5.74, 6) is -2.64. The highest BCUT2D eigenvalue weighted by atomic mass is 35.5. The summed E-state index contributed by atoms with van der Waals surface area (Å²) in [5, 5.41) is 43.7. The van der Waals surface area contributed by atoms with Crippen molar-refractivity contribution in [1.82, 2.24) is 0 Å². The number of hydrogen-bond acceptors (Lipinski definition) is 18. The summed E-state index contributed by atoms with van der Waals surface area (Å²) in [6.07, 6.45) is 0. The van der Waals surface area contributed by atoms with Gasteiger partial charge >= 0.3 is 0 Å². The molecule has 5 aromatic rings. The van der Waals surface area contributed by atoms with Gasteiger partial charge in [0.1, 0.15) is 49.7 Å². The quantitative estimate of drug-likeness (QED) is 0.0534. The lowest BCUT2D eigenvalue weighted by atomic mass is 10.1. The summed E-state index contributed by atoms with van der Waals surface area (Å²) >= 11 is 6.02. The maximum absolute atomic E-state index is 12.5. The second-order valence-electron chi connectivity index (χ2n) is 11.0. The first-order valence-electron chi connectivity index (χ1n) is 14.8. The fraction of sp³-hybridized carbons (Fsp3) is 0.0667. The molecule has 27 heteroatoms. The van der Waals surface area contributed by atoms with Gasteiger partial charge in [0.2, 0.25) is 0 Å². The summed E-state index contributed by atoms with van der Waals surface area (Å²) in [6, 6.07) is 10.8. The number of ether oxygens (including phenoxy) is 2. The van der Waals surface area contributed by atoms with Crippen molar-refractivity contribution in [3.8, 4) is 23.0 Å². The van der Waals surface area contributed by atoms with Crippen LogP contribution in [0.1, 0.15) is 0 Å². The summed E-state index contributed by atoms with van der Waals surface area (Å²) in [4.78, 5) is -3.47. The number of hydrogen-bond donors (Lipinski definition) is 6. The molecule has 0 fully saturated rings. The third kappa shape index (κ3) is 9.30. The van der Waals surface area contributed by atoms with Gasteiger partial charge in [0.05, 0.1) is 40.1 Å². The molecule has 0 bridgehead atoms. The van der Waals surface area contributed by atoms with E-state index in [9.17, 15) is 57.5 Å². The molecule has 57 heavy (non-hydrogen) atoms. The molecule has 0 aliphatic carbocycles. The molecule has 0 aromatic heterocycles. The SMILES string of the molecule is COc1cc(N=Nc2c(S(=O)(=O)O)cc3cc(S(=O)(=O)O)c(N=Nc4cc(S(=O)(=O)O)ccc4Cl)c(O)c3c2O)c(OC)cc1N=Nc1ccc(S(=O)(=O)O)cc1. The molecule has 0 aliphatic heterocycles. The Labute approximate surface area is 326 Å². The number of halogens is 1. The Morgan fingerprint density at radius 3 is 1.35 bits per heavy atom. The third-order valence-corrected chi connectivity index (χ3v) is 11.2. The van der Waals surface area contributed by atoms with Crippen LogP contribution < -0.4 is 9.47 Å². The maximum atomic E-state index is 12.5. The van der Waals surface area contributed by atoms with Crippen LogP contribution in [0.2, 0.25) is 5.02 Å². The topological polar surface area (TPSA) is 351 Å². The standard InChI is InChI=1S/C30H23ClN6O16S4/c1-52-22-13-21(23(53-2)12-20(22)34-32-15-3-5-16(6-4-15)54(40,41)42)35-37-28-25(57(49,50)51)10-14-9-24(56(46,47)48)27(29(38)26(14)30(28)39)36-33-19-11-17(55(43,44)45)7-8-18(19)31/h3-13,38-39H,1-2H3,(H,40,41,42)(H,43,44,45)(H,46,47,48)(H,49,50,51). The third-order valence-electron chi connectivity index (χ3n) is 7.43. The maximum Gasteiger partial charge on any atom is 0.296 e. The van der Waals surface area contributed by atoms with E-state index >= 15 is 0 Å². The number of methoxy groups -OCH3 is 2. The van der Waals surface area contributed by atoms with Gasteiger partial charge in [-0.3, -0.25) is 18.2 Å². The highest BCUT2D eigenvalue weighted by Gasteiger charge is 2.29. The van der Waals surface area contributed by atoms with Gasteiger partial charge in [-0.05, 0) is 60.0 Å². The fourth-order valence-corrected chi connectivity index (χ4v) is 7.25. The van der Waals surface area contributed by atoms with Crippen LogP contribution >= 0.6 is 11.6 Å². The van der Waals surface area contributed by atoms with Gasteiger partial charge in [-0.1, -0.05) is 11.6 Å².